The Kier molecular flexibility index (Phi) is 2.91. The van der Waals surface area contributed by atoms with Gasteiger partial charge in [0, 0.05) is 18.3 Å². The molecule has 1 aromatic heterocycles. The van der Waals surface area contributed by atoms with Gasteiger partial charge in [0.1, 0.15) is 5.75 Å². The predicted octanol–water partition coefficient (Wildman–Crippen LogP) is 2.49. The number of aromatic amines is 1. The van der Waals surface area contributed by atoms with Crippen molar-refractivity contribution in [2.45, 2.75) is 6.54 Å². The topological polar surface area (TPSA) is 60.9 Å². The summed E-state index contributed by atoms with van der Waals surface area (Å²) in [6.45, 7) is 0.560. The van der Waals surface area contributed by atoms with E-state index in [0.717, 1.165) is 11.3 Å². The van der Waals surface area contributed by atoms with Crippen LogP contribution >= 0.6 is 15.9 Å². The maximum atomic E-state index is 9.72. The zero-order valence-electron chi connectivity index (χ0n) is 7.87. The van der Waals surface area contributed by atoms with Crippen LogP contribution in [0.5, 0.6) is 5.75 Å². The lowest BCUT2D eigenvalue weighted by Crippen LogP contribution is -1.98. The molecule has 0 bridgehead atoms. The molecule has 1 heterocycles. The predicted molar refractivity (Wildman–Crippen MR) is 61.7 cm³/mol. The van der Waals surface area contributed by atoms with Crippen LogP contribution in [0.3, 0.4) is 0 Å². The van der Waals surface area contributed by atoms with Crippen LogP contribution in [0.25, 0.3) is 0 Å². The molecule has 0 aliphatic heterocycles. The van der Waals surface area contributed by atoms with Gasteiger partial charge in [-0.3, -0.25) is 5.10 Å². The van der Waals surface area contributed by atoms with Gasteiger partial charge >= 0.3 is 0 Å². The molecule has 0 saturated heterocycles. The molecule has 4 nitrogen and oxygen atoms in total. The summed E-state index contributed by atoms with van der Waals surface area (Å²) in [5.41, 5.74) is 1.74. The highest BCUT2D eigenvalue weighted by Crippen LogP contribution is 2.27. The van der Waals surface area contributed by atoms with Crippen LogP contribution in [-0.4, -0.2) is 15.3 Å². The van der Waals surface area contributed by atoms with Gasteiger partial charge in [-0.15, -0.1) is 0 Å². The first kappa shape index (κ1) is 10.0. The van der Waals surface area contributed by atoms with Crippen LogP contribution < -0.4 is 5.32 Å². The van der Waals surface area contributed by atoms with Crippen LogP contribution in [0.2, 0.25) is 0 Å². The van der Waals surface area contributed by atoms with Gasteiger partial charge in [0.25, 0.3) is 0 Å². The molecular formula is C10H10BrN3O. The van der Waals surface area contributed by atoms with Crippen molar-refractivity contribution in [3.8, 4) is 5.75 Å². The first-order valence-electron chi connectivity index (χ1n) is 4.46. The van der Waals surface area contributed by atoms with Gasteiger partial charge in [-0.2, -0.15) is 5.10 Å². The zero-order valence-corrected chi connectivity index (χ0v) is 9.45. The molecule has 2 rings (SSSR count). The van der Waals surface area contributed by atoms with E-state index in [1.807, 2.05) is 12.1 Å². The number of halogens is 1. The Balaban J connectivity index is 2.08. The Bertz CT molecular complexity index is 442. The fourth-order valence-corrected chi connectivity index (χ4v) is 1.65. The van der Waals surface area contributed by atoms with Crippen molar-refractivity contribution in [3.05, 3.63) is 40.6 Å². The third-order valence-corrected chi connectivity index (χ3v) is 2.69. The molecule has 15 heavy (non-hydrogen) atoms. The first-order chi connectivity index (χ1) is 7.27. The summed E-state index contributed by atoms with van der Waals surface area (Å²) in [4.78, 5) is 0. The van der Waals surface area contributed by atoms with Crippen LogP contribution in [0.4, 0.5) is 5.69 Å². The number of phenolic OH excluding ortho intramolecular Hbond substituents is 1. The Morgan fingerprint density at radius 2 is 2.33 bits per heavy atom. The molecule has 2 aromatic rings. The molecule has 0 amide bonds. The van der Waals surface area contributed by atoms with Gasteiger partial charge in [0.05, 0.1) is 16.4 Å². The smallest absolute Gasteiger partial charge is 0.134 e. The van der Waals surface area contributed by atoms with Gasteiger partial charge in [-0.1, -0.05) is 12.1 Å². The van der Waals surface area contributed by atoms with Crippen molar-refractivity contribution in [1.82, 2.24) is 10.2 Å². The summed E-state index contributed by atoms with van der Waals surface area (Å²) in [6.07, 6.45) is 3.45. The minimum Gasteiger partial charge on any atom is -0.506 e. The van der Waals surface area contributed by atoms with E-state index in [1.54, 1.807) is 18.5 Å². The highest BCUT2D eigenvalue weighted by Gasteiger charge is 2.04. The molecule has 0 aliphatic rings. The number of aromatic nitrogens is 2. The largest absolute Gasteiger partial charge is 0.506 e. The molecule has 5 heteroatoms. The summed E-state index contributed by atoms with van der Waals surface area (Å²) in [7, 11) is 0. The van der Waals surface area contributed by atoms with Crippen molar-refractivity contribution < 1.29 is 5.11 Å². The zero-order chi connectivity index (χ0) is 10.7. The number of rotatable bonds is 3. The highest BCUT2D eigenvalue weighted by molar-refractivity contribution is 9.10. The molecule has 0 fully saturated rings. The molecular weight excluding hydrogens is 258 g/mol. The molecule has 0 saturated carbocycles. The van der Waals surface area contributed by atoms with Gasteiger partial charge in [0.2, 0.25) is 0 Å². The quantitative estimate of drug-likeness (QED) is 0.801. The van der Waals surface area contributed by atoms with E-state index >= 15 is 0 Å². The second-order valence-corrected chi connectivity index (χ2v) is 3.94. The van der Waals surface area contributed by atoms with Gasteiger partial charge < -0.3 is 10.4 Å². The number of benzene rings is 1. The number of para-hydroxylation sites is 1. The molecule has 0 spiro atoms. The third-order valence-electron chi connectivity index (χ3n) is 2.05. The maximum absolute atomic E-state index is 9.72. The minimum atomic E-state index is 0.272. The number of hydrogen-bond donors (Lipinski definition) is 3. The monoisotopic (exact) mass is 267 g/mol. The number of aromatic hydroxyl groups is 1. The van der Waals surface area contributed by atoms with Crippen molar-refractivity contribution in [2.24, 2.45) is 0 Å². The van der Waals surface area contributed by atoms with E-state index in [4.69, 9.17) is 0 Å². The summed E-state index contributed by atoms with van der Waals surface area (Å²) in [5, 5.41) is 19.4. The lowest BCUT2D eigenvalue weighted by Gasteiger charge is -2.06. The number of phenols is 1. The van der Waals surface area contributed by atoms with E-state index in [9.17, 15) is 5.11 Å². The van der Waals surface area contributed by atoms with E-state index in [0.29, 0.717) is 11.0 Å². The number of nitrogens with one attached hydrogen (secondary N) is 2. The van der Waals surface area contributed by atoms with Crippen molar-refractivity contribution in [2.75, 3.05) is 5.32 Å². The summed E-state index contributed by atoms with van der Waals surface area (Å²) >= 11 is 3.27. The fraction of sp³-hybridized carbons (Fsp3) is 0.100. The van der Waals surface area contributed by atoms with E-state index < -0.39 is 0 Å². The second-order valence-electron chi connectivity index (χ2n) is 3.09. The maximum Gasteiger partial charge on any atom is 0.134 e. The van der Waals surface area contributed by atoms with Crippen LogP contribution in [0.1, 0.15) is 5.56 Å². The number of anilines is 1. The molecule has 1 aromatic carbocycles. The summed E-state index contributed by atoms with van der Waals surface area (Å²) in [6, 6.07) is 5.56. The van der Waals surface area contributed by atoms with E-state index in [-0.39, 0.29) is 5.75 Å². The SMILES string of the molecule is Oc1c(Br)cccc1CNc1cn[nH]c1. The van der Waals surface area contributed by atoms with E-state index in [1.165, 1.54) is 0 Å². The Morgan fingerprint density at radius 1 is 1.47 bits per heavy atom. The minimum absolute atomic E-state index is 0.272. The molecule has 78 valence electrons. The highest BCUT2D eigenvalue weighted by atomic mass is 79.9. The molecule has 0 aliphatic carbocycles. The van der Waals surface area contributed by atoms with Crippen LogP contribution in [0, 0.1) is 0 Å². The molecule has 3 N–H and O–H groups in total. The lowest BCUT2D eigenvalue weighted by molar-refractivity contribution is 0.465. The fourth-order valence-electron chi connectivity index (χ4n) is 1.25. The van der Waals surface area contributed by atoms with Gasteiger partial charge in [-0.25, -0.2) is 0 Å². The van der Waals surface area contributed by atoms with Crippen molar-refractivity contribution >= 4 is 21.6 Å². The first-order valence-corrected chi connectivity index (χ1v) is 5.25. The standard InChI is InChI=1S/C10H10BrN3O/c11-9-3-1-2-7(10(9)15)4-12-8-5-13-14-6-8/h1-3,5-6,12,15H,4H2,(H,13,14). The summed E-state index contributed by atoms with van der Waals surface area (Å²) in [5.74, 6) is 0.272. The Labute approximate surface area is 95.5 Å². The molecule has 0 unspecified atom stereocenters. The average molecular weight is 268 g/mol. The van der Waals surface area contributed by atoms with Gasteiger partial charge in [-0.05, 0) is 22.0 Å². The van der Waals surface area contributed by atoms with Crippen molar-refractivity contribution in [1.29, 1.82) is 0 Å². The molecule has 0 radical (unpaired) electrons. The van der Waals surface area contributed by atoms with Gasteiger partial charge in [0.15, 0.2) is 0 Å². The van der Waals surface area contributed by atoms with Crippen LogP contribution in [-0.2, 0) is 6.54 Å². The Hall–Kier alpha value is -1.49. The lowest BCUT2D eigenvalue weighted by atomic mass is 10.2. The second kappa shape index (κ2) is 4.35. The summed E-state index contributed by atoms with van der Waals surface area (Å²) < 4.78 is 0.703. The number of hydrogen-bond acceptors (Lipinski definition) is 3. The Morgan fingerprint density at radius 3 is 3.07 bits per heavy atom. The van der Waals surface area contributed by atoms with E-state index in [2.05, 4.69) is 31.4 Å². The average Bonchev–Trinajstić information content (AvgIpc) is 2.73. The molecule has 0 atom stereocenters. The van der Waals surface area contributed by atoms with Crippen LogP contribution in [0.15, 0.2) is 35.1 Å². The third kappa shape index (κ3) is 2.30. The number of H-pyrrole nitrogens is 1. The number of nitrogens with zero attached hydrogens (tertiary/aromatic N) is 1. The normalized spacial score (nSPS) is 10.2. The van der Waals surface area contributed by atoms with Crippen molar-refractivity contribution in [3.63, 3.8) is 0 Å².